The maximum atomic E-state index is 12.5. The number of hydrogen-bond acceptors (Lipinski definition) is 3. The van der Waals surface area contributed by atoms with E-state index in [9.17, 15) is 4.79 Å². The summed E-state index contributed by atoms with van der Waals surface area (Å²) in [7, 11) is 0. The SMILES string of the molecule is CC(C)(C)c1ccc(C(=O)Nc2cn3cc(-c4cnc[nH]4)ccc3n2)cc1. The molecule has 0 bridgehead atoms. The van der Waals surface area contributed by atoms with Crippen LogP contribution < -0.4 is 5.32 Å². The van der Waals surface area contributed by atoms with Crippen molar-refractivity contribution in [2.75, 3.05) is 5.32 Å². The Kier molecular flexibility index (Phi) is 4.03. The monoisotopic (exact) mass is 359 g/mol. The lowest BCUT2D eigenvalue weighted by Gasteiger charge is -2.18. The zero-order chi connectivity index (χ0) is 19.0. The van der Waals surface area contributed by atoms with Gasteiger partial charge >= 0.3 is 0 Å². The van der Waals surface area contributed by atoms with E-state index in [4.69, 9.17) is 0 Å². The lowest BCUT2D eigenvalue weighted by atomic mass is 9.87. The number of hydrogen-bond donors (Lipinski definition) is 2. The number of aromatic nitrogens is 4. The van der Waals surface area contributed by atoms with Gasteiger partial charge in [-0.3, -0.25) is 4.79 Å². The molecule has 1 amide bonds. The number of H-pyrrole nitrogens is 1. The molecule has 2 N–H and O–H groups in total. The Morgan fingerprint density at radius 1 is 1.07 bits per heavy atom. The molecule has 0 saturated carbocycles. The van der Waals surface area contributed by atoms with Gasteiger partial charge in [0.15, 0.2) is 5.82 Å². The van der Waals surface area contributed by atoms with E-state index in [1.165, 1.54) is 5.56 Å². The first-order valence-corrected chi connectivity index (χ1v) is 8.79. The fourth-order valence-electron chi connectivity index (χ4n) is 2.94. The number of aromatic amines is 1. The molecule has 0 atom stereocenters. The lowest BCUT2D eigenvalue weighted by molar-refractivity contribution is 0.102. The number of fused-ring (bicyclic) bond motifs is 1. The number of anilines is 1. The second kappa shape index (κ2) is 6.39. The van der Waals surface area contributed by atoms with Crippen molar-refractivity contribution in [2.45, 2.75) is 26.2 Å². The predicted octanol–water partition coefficient (Wildman–Crippen LogP) is 4.27. The molecular weight excluding hydrogens is 338 g/mol. The van der Waals surface area contributed by atoms with Crippen molar-refractivity contribution in [3.63, 3.8) is 0 Å². The molecule has 0 aliphatic heterocycles. The molecule has 0 unspecified atom stereocenters. The van der Waals surface area contributed by atoms with Gasteiger partial charge in [-0.2, -0.15) is 0 Å². The number of nitrogens with zero attached hydrogens (tertiary/aromatic N) is 3. The predicted molar refractivity (Wildman–Crippen MR) is 106 cm³/mol. The molecule has 0 saturated heterocycles. The Morgan fingerprint density at radius 3 is 2.52 bits per heavy atom. The van der Waals surface area contributed by atoms with Gasteiger partial charge in [-0.05, 0) is 35.2 Å². The first-order chi connectivity index (χ1) is 12.9. The van der Waals surface area contributed by atoms with Gasteiger partial charge in [-0.15, -0.1) is 0 Å². The maximum Gasteiger partial charge on any atom is 0.256 e. The lowest BCUT2D eigenvalue weighted by Crippen LogP contribution is -2.14. The standard InChI is InChI=1S/C21H21N5O/c1-21(2,3)16-7-4-14(5-8-16)20(27)25-18-12-26-11-15(6-9-19(26)24-18)17-10-22-13-23-17/h4-13H,1-3H3,(H,22,23)(H,25,27). The molecule has 3 heterocycles. The van der Waals surface area contributed by atoms with Crippen LogP contribution in [0.4, 0.5) is 5.82 Å². The van der Waals surface area contributed by atoms with Gasteiger partial charge in [0.25, 0.3) is 5.91 Å². The fraction of sp³-hybridized carbons (Fsp3) is 0.190. The Bertz CT molecular complexity index is 1090. The van der Waals surface area contributed by atoms with Crippen LogP contribution in [0.1, 0.15) is 36.7 Å². The molecule has 0 spiro atoms. The summed E-state index contributed by atoms with van der Waals surface area (Å²) in [5.74, 6) is 0.342. The van der Waals surface area contributed by atoms with Crippen LogP contribution in [-0.2, 0) is 5.41 Å². The molecule has 0 aliphatic carbocycles. The smallest absolute Gasteiger partial charge is 0.256 e. The first kappa shape index (κ1) is 17.0. The van der Waals surface area contributed by atoms with Crippen LogP contribution >= 0.6 is 0 Å². The van der Waals surface area contributed by atoms with Crippen molar-refractivity contribution in [2.24, 2.45) is 0 Å². The minimum absolute atomic E-state index is 0.0585. The van der Waals surface area contributed by atoms with E-state index >= 15 is 0 Å². The van der Waals surface area contributed by atoms with E-state index in [-0.39, 0.29) is 11.3 Å². The number of rotatable bonds is 3. The summed E-state index contributed by atoms with van der Waals surface area (Å²) in [6.45, 7) is 6.45. The number of carbonyl (C=O) groups excluding carboxylic acids is 1. The van der Waals surface area contributed by atoms with Crippen LogP contribution in [-0.4, -0.2) is 25.3 Å². The van der Waals surface area contributed by atoms with Crippen LogP contribution in [0, 0.1) is 0 Å². The van der Waals surface area contributed by atoms with Crippen molar-refractivity contribution in [1.82, 2.24) is 19.4 Å². The molecule has 0 aliphatic rings. The highest BCUT2D eigenvalue weighted by Gasteiger charge is 2.15. The Balaban J connectivity index is 1.55. The number of amides is 1. The number of benzene rings is 1. The average molecular weight is 359 g/mol. The number of pyridine rings is 1. The van der Waals surface area contributed by atoms with E-state index in [0.717, 1.165) is 16.9 Å². The second-order valence-corrected chi connectivity index (χ2v) is 7.56. The first-order valence-electron chi connectivity index (χ1n) is 8.79. The third-order valence-corrected chi connectivity index (χ3v) is 4.51. The molecule has 3 aromatic heterocycles. The van der Waals surface area contributed by atoms with Crippen LogP contribution in [0.2, 0.25) is 0 Å². The van der Waals surface area contributed by atoms with E-state index in [1.807, 2.05) is 47.0 Å². The van der Waals surface area contributed by atoms with E-state index < -0.39 is 0 Å². The average Bonchev–Trinajstić information content (AvgIpc) is 3.29. The fourth-order valence-corrected chi connectivity index (χ4v) is 2.94. The topological polar surface area (TPSA) is 75.1 Å². The van der Waals surface area contributed by atoms with Crippen molar-refractivity contribution < 1.29 is 4.79 Å². The summed E-state index contributed by atoms with van der Waals surface area (Å²) in [5, 5.41) is 2.87. The summed E-state index contributed by atoms with van der Waals surface area (Å²) < 4.78 is 1.88. The largest absolute Gasteiger partial charge is 0.345 e. The summed E-state index contributed by atoms with van der Waals surface area (Å²) in [5.41, 5.74) is 4.54. The number of imidazole rings is 2. The van der Waals surface area contributed by atoms with Crippen LogP contribution in [0.25, 0.3) is 16.9 Å². The molecule has 4 rings (SSSR count). The van der Waals surface area contributed by atoms with E-state index in [2.05, 4.69) is 41.0 Å². The minimum atomic E-state index is -0.173. The highest BCUT2D eigenvalue weighted by molar-refractivity contribution is 6.03. The normalized spacial score (nSPS) is 11.7. The van der Waals surface area contributed by atoms with Crippen molar-refractivity contribution in [3.8, 4) is 11.3 Å². The van der Waals surface area contributed by atoms with Gasteiger partial charge in [0.05, 0.1) is 24.4 Å². The summed E-state index contributed by atoms with van der Waals surface area (Å²) in [4.78, 5) is 24.1. The number of nitrogens with one attached hydrogen (secondary N) is 2. The molecular formula is C21H21N5O. The third-order valence-electron chi connectivity index (χ3n) is 4.51. The molecule has 4 aromatic rings. The Hall–Kier alpha value is -3.41. The summed E-state index contributed by atoms with van der Waals surface area (Å²) in [6, 6.07) is 11.6. The van der Waals surface area contributed by atoms with Crippen LogP contribution in [0.5, 0.6) is 0 Å². The Morgan fingerprint density at radius 2 is 1.85 bits per heavy atom. The van der Waals surface area contributed by atoms with E-state index in [1.54, 1.807) is 18.7 Å². The number of carbonyl (C=O) groups is 1. The van der Waals surface area contributed by atoms with E-state index in [0.29, 0.717) is 11.4 Å². The molecule has 27 heavy (non-hydrogen) atoms. The van der Waals surface area contributed by atoms with Gasteiger partial charge in [0.2, 0.25) is 0 Å². The van der Waals surface area contributed by atoms with Gasteiger partial charge in [-0.25, -0.2) is 9.97 Å². The Labute approximate surface area is 157 Å². The molecule has 6 nitrogen and oxygen atoms in total. The zero-order valence-corrected chi connectivity index (χ0v) is 15.5. The van der Waals surface area contributed by atoms with Crippen molar-refractivity contribution in [1.29, 1.82) is 0 Å². The summed E-state index contributed by atoms with van der Waals surface area (Å²) >= 11 is 0. The van der Waals surface area contributed by atoms with Crippen molar-refractivity contribution in [3.05, 3.63) is 72.4 Å². The summed E-state index contributed by atoms with van der Waals surface area (Å²) in [6.07, 6.45) is 7.16. The van der Waals surface area contributed by atoms with Crippen molar-refractivity contribution >= 4 is 17.4 Å². The maximum absolute atomic E-state index is 12.5. The molecule has 136 valence electrons. The quantitative estimate of drug-likeness (QED) is 0.573. The van der Waals surface area contributed by atoms with Gasteiger partial charge in [0, 0.05) is 17.3 Å². The minimum Gasteiger partial charge on any atom is -0.345 e. The third kappa shape index (κ3) is 3.46. The van der Waals surface area contributed by atoms with Crippen LogP contribution in [0.3, 0.4) is 0 Å². The van der Waals surface area contributed by atoms with Crippen LogP contribution in [0.15, 0.2) is 61.3 Å². The molecule has 0 radical (unpaired) electrons. The van der Waals surface area contributed by atoms with Gasteiger partial charge in [-0.1, -0.05) is 32.9 Å². The molecule has 1 aromatic carbocycles. The highest BCUT2D eigenvalue weighted by Crippen LogP contribution is 2.23. The van der Waals surface area contributed by atoms with Gasteiger partial charge in [0.1, 0.15) is 5.65 Å². The highest BCUT2D eigenvalue weighted by atomic mass is 16.1. The molecule has 6 heteroatoms. The zero-order valence-electron chi connectivity index (χ0n) is 15.5. The second-order valence-electron chi connectivity index (χ2n) is 7.56. The van der Waals surface area contributed by atoms with Gasteiger partial charge < -0.3 is 14.7 Å². The molecule has 0 fully saturated rings.